The average molecular weight is 440 g/mol. The highest BCUT2D eigenvalue weighted by Crippen LogP contribution is 2.32. The van der Waals surface area contributed by atoms with Crippen molar-refractivity contribution in [2.75, 3.05) is 0 Å². The van der Waals surface area contributed by atoms with Crippen molar-refractivity contribution in [3.8, 4) is 10.4 Å². The molecule has 0 radical (unpaired) electrons. The fourth-order valence-corrected chi connectivity index (χ4v) is 4.66. The maximum atomic E-state index is 13.0. The highest BCUT2D eigenvalue weighted by Gasteiger charge is 2.08. The lowest BCUT2D eigenvalue weighted by atomic mass is 10.1. The molecular formula is C18H13Br2FS. The molecule has 1 aromatic heterocycles. The molecule has 0 unspecified atom stereocenters. The molecule has 0 saturated heterocycles. The third-order valence-electron chi connectivity index (χ3n) is 3.57. The Kier molecular flexibility index (Phi) is 4.81. The lowest BCUT2D eigenvalue weighted by molar-refractivity contribution is 0.628. The Morgan fingerprint density at radius 3 is 2.45 bits per heavy atom. The number of hydrogen-bond acceptors (Lipinski definition) is 1. The molecule has 0 fully saturated rings. The summed E-state index contributed by atoms with van der Waals surface area (Å²) < 4.78 is 15.2. The van der Waals surface area contributed by atoms with Gasteiger partial charge in [-0.3, -0.25) is 0 Å². The van der Waals surface area contributed by atoms with Crippen LogP contribution in [0.3, 0.4) is 0 Å². The van der Waals surface area contributed by atoms with Crippen LogP contribution in [0.5, 0.6) is 0 Å². The summed E-state index contributed by atoms with van der Waals surface area (Å²) >= 11 is 8.90. The van der Waals surface area contributed by atoms with Crippen molar-refractivity contribution in [2.24, 2.45) is 0 Å². The fraction of sp³-hybridized carbons (Fsp3) is 0.111. The minimum Gasteiger partial charge on any atom is -0.207 e. The predicted octanol–water partition coefficient (Wildman–Crippen LogP) is 6.98. The third kappa shape index (κ3) is 3.50. The number of benzene rings is 2. The molecule has 0 spiro atoms. The van der Waals surface area contributed by atoms with Gasteiger partial charge in [0.2, 0.25) is 0 Å². The minimum absolute atomic E-state index is 0.199. The van der Waals surface area contributed by atoms with Gasteiger partial charge in [-0.15, -0.1) is 11.3 Å². The lowest BCUT2D eigenvalue weighted by Crippen LogP contribution is -1.91. The van der Waals surface area contributed by atoms with Gasteiger partial charge in [0.05, 0.1) is 0 Å². The molecule has 1 heterocycles. The van der Waals surface area contributed by atoms with E-state index in [1.807, 2.05) is 12.1 Å². The summed E-state index contributed by atoms with van der Waals surface area (Å²) in [5.41, 5.74) is 3.62. The molecule has 0 N–H and O–H groups in total. The van der Waals surface area contributed by atoms with Crippen LogP contribution in [-0.4, -0.2) is 0 Å². The minimum atomic E-state index is -0.199. The summed E-state index contributed by atoms with van der Waals surface area (Å²) in [5.74, 6) is -0.199. The van der Waals surface area contributed by atoms with E-state index in [2.05, 4.69) is 63.0 Å². The molecule has 0 saturated carbocycles. The largest absolute Gasteiger partial charge is 0.207 e. The van der Waals surface area contributed by atoms with Gasteiger partial charge in [-0.1, -0.05) is 44.0 Å². The first-order chi connectivity index (χ1) is 10.5. The lowest BCUT2D eigenvalue weighted by Gasteiger charge is -2.07. The summed E-state index contributed by atoms with van der Waals surface area (Å²) in [4.78, 5) is 2.47. The van der Waals surface area contributed by atoms with Crippen molar-refractivity contribution >= 4 is 43.2 Å². The molecule has 0 bridgehead atoms. The first-order valence-corrected chi connectivity index (χ1v) is 9.22. The van der Waals surface area contributed by atoms with Gasteiger partial charge in [-0.2, -0.15) is 0 Å². The summed E-state index contributed by atoms with van der Waals surface area (Å²) in [5, 5.41) is 0. The van der Waals surface area contributed by atoms with Crippen LogP contribution in [0.4, 0.5) is 4.39 Å². The highest BCUT2D eigenvalue weighted by molar-refractivity contribution is 9.11. The maximum absolute atomic E-state index is 13.0. The Balaban J connectivity index is 1.87. The third-order valence-corrected chi connectivity index (χ3v) is 5.99. The van der Waals surface area contributed by atoms with Crippen LogP contribution >= 0.6 is 43.2 Å². The second kappa shape index (κ2) is 6.65. The molecule has 0 aliphatic rings. The number of rotatable bonds is 3. The van der Waals surface area contributed by atoms with Crippen molar-refractivity contribution in [2.45, 2.75) is 13.3 Å². The van der Waals surface area contributed by atoms with Gasteiger partial charge in [0.25, 0.3) is 0 Å². The van der Waals surface area contributed by atoms with Gasteiger partial charge < -0.3 is 0 Å². The normalized spacial score (nSPS) is 10.9. The van der Waals surface area contributed by atoms with Crippen LogP contribution in [0.2, 0.25) is 0 Å². The Bertz CT molecular complexity index is 806. The van der Waals surface area contributed by atoms with Crippen LogP contribution in [0.1, 0.15) is 16.0 Å². The Hall–Kier alpha value is -0.970. The van der Waals surface area contributed by atoms with E-state index >= 15 is 0 Å². The smallest absolute Gasteiger partial charge is 0.123 e. The van der Waals surface area contributed by atoms with Crippen LogP contribution in [0.25, 0.3) is 10.4 Å². The topological polar surface area (TPSA) is 0 Å². The van der Waals surface area contributed by atoms with Crippen molar-refractivity contribution in [1.82, 2.24) is 0 Å². The van der Waals surface area contributed by atoms with Gasteiger partial charge in [-0.05, 0) is 60.0 Å². The van der Waals surface area contributed by atoms with Crippen LogP contribution < -0.4 is 0 Å². The first-order valence-electron chi connectivity index (χ1n) is 6.82. The standard InChI is InChI=1S/C18H13Br2FS/c1-11-13(8-14(19)10-17(11)20)9-16-6-7-18(22-16)12-2-4-15(21)5-3-12/h2-8,10H,9H2,1H3. The zero-order valence-corrected chi connectivity index (χ0v) is 15.9. The van der Waals surface area contributed by atoms with E-state index in [9.17, 15) is 4.39 Å². The quantitative estimate of drug-likeness (QED) is 0.413. The van der Waals surface area contributed by atoms with Crippen molar-refractivity contribution in [3.05, 3.63) is 79.3 Å². The molecule has 0 amide bonds. The van der Waals surface area contributed by atoms with Gasteiger partial charge in [-0.25, -0.2) is 4.39 Å². The molecule has 3 rings (SSSR count). The van der Waals surface area contributed by atoms with Gasteiger partial charge in [0, 0.05) is 25.1 Å². The van der Waals surface area contributed by atoms with Gasteiger partial charge in [0.1, 0.15) is 5.82 Å². The number of halogens is 3. The Labute approximate surface area is 150 Å². The van der Waals surface area contributed by atoms with E-state index in [0.717, 1.165) is 20.9 Å². The van der Waals surface area contributed by atoms with Crippen LogP contribution in [0.15, 0.2) is 57.5 Å². The molecule has 112 valence electrons. The highest BCUT2D eigenvalue weighted by atomic mass is 79.9. The molecule has 0 aliphatic heterocycles. The molecule has 22 heavy (non-hydrogen) atoms. The molecule has 0 atom stereocenters. The maximum Gasteiger partial charge on any atom is 0.123 e. The van der Waals surface area contributed by atoms with E-state index < -0.39 is 0 Å². The monoisotopic (exact) mass is 438 g/mol. The van der Waals surface area contributed by atoms with Crippen molar-refractivity contribution in [3.63, 3.8) is 0 Å². The summed E-state index contributed by atoms with van der Waals surface area (Å²) in [6.07, 6.45) is 0.899. The van der Waals surface area contributed by atoms with E-state index in [1.54, 1.807) is 11.3 Å². The Morgan fingerprint density at radius 1 is 1.00 bits per heavy atom. The molecule has 4 heteroatoms. The molecular weight excluding hydrogens is 427 g/mol. The second-order valence-corrected chi connectivity index (χ2v) is 8.06. The van der Waals surface area contributed by atoms with Gasteiger partial charge >= 0.3 is 0 Å². The summed E-state index contributed by atoms with van der Waals surface area (Å²) in [6.45, 7) is 2.13. The van der Waals surface area contributed by atoms with E-state index in [-0.39, 0.29) is 5.82 Å². The molecule has 0 nitrogen and oxygen atoms in total. The van der Waals surface area contributed by atoms with E-state index in [4.69, 9.17) is 0 Å². The van der Waals surface area contributed by atoms with Crippen LogP contribution in [-0.2, 0) is 6.42 Å². The summed E-state index contributed by atoms with van der Waals surface area (Å²) in [7, 11) is 0. The van der Waals surface area contributed by atoms with Crippen molar-refractivity contribution < 1.29 is 4.39 Å². The number of hydrogen-bond donors (Lipinski definition) is 0. The number of thiophene rings is 1. The van der Waals surface area contributed by atoms with E-state index in [1.165, 1.54) is 33.0 Å². The van der Waals surface area contributed by atoms with Crippen LogP contribution in [0, 0.1) is 12.7 Å². The first kappa shape index (κ1) is 15.9. The molecule has 3 aromatic rings. The second-order valence-electron chi connectivity index (χ2n) is 5.12. The zero-order valence-electron chi connectivity index (χ0n) is 11.9. The van der Waals surface area contributed by atoms with Crippen molar-refractivity contribution in [1.29, 1.82) is 0 Å². The fourth-order valence-electron chi connectivity index (χ4n) is 2.31. The Morgan fingerprint density at radius 2 is 1.73 bits per heavy atom. The van der Waals surface area contributed by atoms with Gasteiger partial charge in [0.15, 0.2) is 0 Å². The SMILES string of the molecule is Cc1c(Br)cc(Br)cc1Cc1ccc(-c2ccc(F)cc2)s1. The predicted molar refractivity (Wildman–Crippen MR) is 99.1 cm³/mol. The summed E-state index contributed by atoms with van der Waals surface area (Å²) in [6, 6.07) is 15.1. The van der Waals surface area contributed by atoms with E-state index in [0.29, 0.717) is 0 Å². The molecule has 0 aliphatic carbocycles. The zero-order chi connectivity index (χ0) is 15.7. The average Bonchev–Trinajstić information content (AvgIpc) is 2.93. The molecule has 2 aromatic carbocycles.